The van der Waals surface area contributed by atoms with Gasteiger partial charge in [0.15, 0.2) is 0 Å². The van der Waals surface area contributed by atoms with Gasteiger partial charge in [0.05, 0.1) is 0 Å². The first kappa shape index (κ1) is 18.3. The molecule has 2 rings (SSSR count). The minimum absolute atomic E-state index is 0.102. The van der Waals surface area contributed by atoms with Gasteiger partial charge in [-0.3, -0.25) is 9.59 Å². The topological polar surface area (TPSA) is 43.4 Å². The molecule has 130 valence electrons. The van der Waals surface area contributed by atoms with E-state index in [2.05, 4.69) is 4.74 Å². The summed E-state index contributed by atoms with van der Waals surface area (Å²) < 4.78 is 30.0. The monoisotopic (exact) mass is 336 g/mol. The molecular formula is C19H22F2O3. The molecule has 0 spiro atoms. The van der Waals surface area contributed by atoms with Gasteiger partial charge in [0.2, 0.25) is 0 Å². The summed E-state index contributed by atoms with van der Waals surface area (Å²) in [7, 11) is 0. The van der Waals surface area contributed by atoms with Crippen LogP contribution in [-0.4, -0.2) is 17.7 Å². The van der Waals surface area contributed by atoms with Crippen molar-refractivity contribution in [1.29, 1.82) is 0 Å². The van der Waals surface area contributed by atoms with Crippen LogP contribution in [0.15, 0.2) is 30.3 Å². The Balaban J connectivity index is 1.99. The summed E-state index contributed by atoms with van der Waals surface area (Å²) >= 11 is 0. The van der Waals surface area contributed by atoms with E-state index in [1.165, 1.54) is 12.1 Å². The maximum atomic E-state index is 12.8. The highest BCUT2D eigenvalue weighted by Crippen LogP contribution is 2.39. The molecule has 1 aromatic carbocycles. The highest BCUT2D eigenvalue weighted by molar-refractivity contribution is 5.87. The van der Waals surface area contributed by atoms with Gasteiger partial charge in [0.1, 0.15) is 17.3 Å². The van der Waals surface area contributed by atoms with Gasteiger partial charge in [-0.2, -0.15) is 8.78 Å². The van der Waals surface area contributed by atoms with Crippen molar-refractivity contribution >= 4 is 17.6 Å². The molecule has 0 saturated heterocycles. The van der Waals surface area contributed by atoms with E-state index in [9.17, 15) is 18.4 Å². The van der Waals surface area contributed by atoms with E-state index < -0.39 is 11.5 Å². The molecule has 0 atom stereocenters. The Morgan fingerprint density at radius 1 is 1.25 bits per heavy atom. The summed E-state index contributed by atoms with van der Waals surface area (Å²) in [6.07, 6.45) is 3.28. The summed E-state index contributed by atoms with van der Waals surface area (Å²) in [5.41, 5.74) is 0.393. The van der Waals surface area contributed by atoms with Crippen molar-refractivity contribution < 1.29 is 23.1 Å². The molecule has 1 aromatic rings. The fraction of sp³-hybridized carbons (Fsp3) is 0.474. The van der Waals surface area contributed by atoms with Crippen LogP contribution >= 0.6 is 0 Å². The average Bonchev–Trinajstić information content (AvgIpc) is 2.49. The van der Waals surface area contributed by atoms with Crippen molar-refractivity contribution in [1.82, 2.24) is 0 Å². The first-order valence-electron chi connectivity index (χ1n) is 8.06. The largest absolute Gasteiger partial charge is 0.433 e. The number of alkyl halides is 2. The Morgan fingerprint density at radius 3 is 2.33 bits per heavy atom. The van der Waals surface area contributed by atoms with Crippen molar-refractivity contribution in [3.63, 3.8) is 0 Å². The second-order valence-electron chi connectivity index (χ2n) is 6.46. The Bertz CT molecular complexity index is 617. The second-order valence-corrected chi connectivity index (χ2v) is 6.46. The Kier molecular flexibility index (Phi) is 5.52. The molecule has 0 aromatic heterocycles. The Labute approximate surface area is 140 Å². The molecule has 1 saturated carbocycles. The molecule has 5 heteroatoms. The van der Waals surface area contributed by atoms with E-state index in [0.717, 1.165) is 5.56 Å². The molecule has 3 nitrogen and oxygen atoms in total. The lowest BCUT2D eigenvalue weighted by Crippen LogP contribution is -2.33. The lowest BCUT2D eigenvalue weighted by molar-refractivity contribution is -0.159. The van der Waals surface area contributed by atoms with Crippen molar-refractivity contribution in [3.8, 4) is 5.75 Å². The molecule has 0 aliphatic heterocycles. The molecular weight excluding hydrogens is 314 g/mol. The molecule has 0 N–H and O–H groups in total. The number of halogens is 2. The first-order chi connectivity index (χ1) is 11.2. The molecule has 1 fully saturated rings. The van der Waals surface area contributed by atoms with Gasteiger partial charge >= 0.3 is 6.11 Å². The Hall–Kier alpha value is -2.04. The Morgan fingerprint density at radius 2 is 1.83 bits per heavy atom. The molecule has 0 amide bonds. The van der Waals surface area contributed by atoms with Gasteiger partial charge in [0, 0.05) is 25.2 Å². The molecule has 0 bridgehead atoms. The van der Waals surface area contributed by atoms with E-state index in [1.807, 2.05) is 12.2 Å². The van der Waals surface area contributed by atoms with Crippen LogP contribution in [0.2, 0.25) is 0 Å². The van der Waals surface area contributed by atoms with Crippen LogP contribution in [0.1, 0.15) is 51.5 Å². The predicted molar refractivity (Wildman–Crippen MR) is 87.9 cm³/mol. The van der Waals surface area contributed by atoms with E-state index in [1.54, 1.807) is 19.1 Å². The van der Waals surface area contributed by atoms with Gasteiger partial charge in [-0.15, -0.1) is 0 Å². The SMILES string of the molecule is CC(=O)C1(C/C=C/c2ccc(OC(C)(F)F)cc2)CCC(=O)CC1. The van der Waals surface area contributed by atoms with E-state index >= 15 is 0 Å². The number of Topliss-reactive ketones (excluding diaryl/α,β-unsaturated/α-hetero) is 2. The number of benzene rings is 1. The quantitative estimate of drug-likeness (QED) is 0.749. The van der Waals surface area contributed by atoms with Crippen LogP contribution < -0.4 is 4.74 Å². The smallest absolute Gasteiger partial charge is 0.394 e. The van der Waals surface area contributed by atoms with E-state index in [0.29, 0.717) is 39.0 Å². The van der Waals surface area contributed by atoms with E-state index in [4.69, 9.17) is 0 Å². The highest BCUT2D eigenvalue weighted by Gasteiger charge is 2.37. The van der Waals surface area contributed by atoms with Crippen LogP contribution in [0, 0.1) is 5.41 Å². The van der Waals surface area contributed by atoms with Gasteiger partial charge in [0.25, 0.3) is 0 Å². The molecule has 0 heterocycles. The van der Waals surface area contributed by atoms with Crippen LogP contribution in [0.3, 0.4) is 0 Å². The standard InChI is InChI=1S/C19H22F2O3/c1-14(22)19(12-9-16(23)10-13-19)11-3-4-15-5-7-17(8-6-15)24-18(2,20)21/h3-8H,9-13H2,1-2H3/b4-3+. The third-order valence-electron chi connectivity index (χ3n) is 4.51. The van der Waals surface area contributed by atoms with Gasteiger partial charge < -0.3 is 4.74 Å². The number of carbonyl (C=O) groups excluding carboxylic acids is 2. The summed E-state index contributed by atoms with van der Waals surface area (Å²) in [6.45, 7) is 2.28. The zero-order chi connectivity index (χ0) is 17.8. The number of rotatable bonds is 6. The second kappa shape index (κ2) is 7.24. The number of ether oxygens (including phenoxy) is 1. The van der Waals surface area contributed by atoms with Crippen molar-refractivity contribution in [2.75, 3.05) is 0 Å². The molecule has 1 aliphatic rings. The third-order valence-corrected chi connectivity index (χ3v) is 4.51. The maximum absolute atomic E-state index is 12.8. The number of allylic oxidation sites excluding steroid dienone is 1. The number of hydrogen-bond donors (Lipinski definition) is 0. The van der Waals surface area contributed by atoms with Crippen LogP contribution in [0.5, 0.6) is 5.75 Å². The van der Waals surface area contributed by atoms with Gasteiger partial charge in [-0.1, -0.05) is 24.3 Å². The molecule has 24 heavy (non-hydrogen) atoms. The van der Waals surface area contributed by atoms with Crippen molar-refractivity contribution in [2.24, 2.45) is 5.41 Å². The van der Waals surface area contributed by atoms with Crippen LogP contribution in [0.25, 0.3) is 6.08 Å². The average molecular weight is 336 g/mol. The summed E-state index contributed by atoms with van der Waals surface area (Å²) in [5.74, 6) is 0.443. The summed E-state index contributed by atoms with van der Waals surface area (Å²) in [5, 5.41) is 0. The van der Waals surface area contributed by atoms with Crippen molar-refractivity contribution in [2.45, 2.75) is 52.1 Å². The normalized spacial score (nSPS) is 17.9. The minimum Gasteiger partial charge on any atom is -0.433 e. The number of carbonyl (C=O) groups is 2. The van der Waals surface area contributed by atoms with E-state index in [-0.39, 0.29) is 17.3 Å². The zero-order valence-corrected chi connectivity index (χ0v) is 14.0. The highest BCUT2D eigenvalue weighted by atomic mass is 19.3. The maximum Gasteiger partial charge on any atom is 0.394 e. The molecule has 0 radical (unpaired) electrons. The third kappa shape index (κ3) is 4.98. The molecule has 1 aliphatic carbocycles. The van der Waals surface area contributed by atoms with Crippen LogP contribution in [-0.2, 0) is 9.59 Å². The lowest BCUT2D eigenvalue weighted by Gasteiger charge is -2.33. The van der Waals surface area contributed by atoms with Gasteiger partial charge in [-0.05, 0) is 43.9 Å². The minimum atomic E-state index is -3.20. The fourth-order valence-electron chi connectivity index (χ4n) is 2.98. The number of hydrogen-bond acceptors (Lipinski definition) is 3. The predicted octanol–water partition coefficient (Wildman–Crippen LogP) is 4.80. The summed E-state index contributed by atoms with van der Waals surface area (Å²) in [6, 6.07) is 6.33. The number of ketones is 2. The van der Waals surface area contributed by atoms with Crippen LogP contribution in [0.4, 0.5) is 8.78 Å². The summed E-state index contributed by atoms with van der Waals surface area (Å²) in [4.78, 5) is 23.4. The van der Waals surface area contributed by atoms with Crippen molar-refractivity contribution in [3.05, 3.63) is 35.9 Å². The fourth-order valence-corrected chi connectivity index (χ4v) is 2.98. The lowest BCUT2D eigenvalue weighted by atomic mass is 9.69. The molecule has 0 unspecified atom stereocenters. The zero-order valence-electron chi connectivity index (χ0n) is 14.0. The van der Waals surface area contributed by atoms with Gasteiger partial charge in [-0.25, -0.2) is 0 Å². The first-order valence-corrected chi connectivity index (χ1v) is 8.06.